The minimum Gasteiger partial charge on any atom is -0.465 e. The number of carbonyl (C=O) groups is 1. The maximum absolute atomic E-state index is 11.3. The zero-order valence-corrected chi connectivity index (χ0v) is 9.17. The molecule has 72 valence electrons. The number of hydrogen-bond acceptors (Lipinski definition) is 3. The summed E-state index contributed by atoms with van der Waals surface area (Å²) in [6, 6.07) is 3.70. The number of methoxy groups -OCH3 is 1. The Morgan fingerprint density at radius 1 is 1.57 bits per heavy atom. The van der Waals surface area contributed by atoms with Crippen LogP contribution in [-0.2, 0) is 11.3 Å². The van der Waals surface area contributed by atoms with Crippen molar-refractivity contribution in [3.05, 3.63) is 33.3 Å². The predicted molar refractivity (Wildman–Crippen MR) is 56.8 cm³/mol. The number of halogens is 1. The summed E-state index contributed by atoms with van der Waals surface area (Å²) < 4.78 is 5.41. The van der Waals surface area contributed by atoms with Gasteiger partial charge in [-0.15, -0.1) is 0 Å². The smallest absolute Gasteiger partial charge is 0.339 e. The van der Waals surface area contributed by atoms with Gasteiger partial charge in [-0.25, -0.2) is 4.79 Å². The molecule has 0 amide bonds. The average molecular weight is 254 g/mol. The normalized spacial score (nSPS) is 12.7. The quantitative estimate of drug-likeness (QED) is 0.720. The summed E-state index contributed by atoms with van der Waals surface area (Å²) in [7, 11) is 1.37. The molecule has 14 heavy (non-hydrogen) atoms. The number of nitrogens with zero attached hydrogens (tertiary/aromatic N) is 1. The Bertz CT molecular complexity index is 426. The summed E-state index contributed by atoms with van der Waals surface area (Å²) in [6.07, 6.45) is 1.81. The summed E-state index contributed by atoms with van der Waals surface area (Å²) >= 11 is 3.33. The third-order valence-electron chi connectivity index (χ3n) is 2.13. The van der Waals surface area contributed by atoms with E-state index >= 15 is 0 Å². The van der Waals surface area contributed by atoms with Gasteiger partial charge in [-0.2, -0.15) is 0 Å². The van der Waals surface area contributed by atoms with Crippen molar-refractivity contribution in [1.29, 1.82) is 0 Å². The van der Waals surface area contributed by atoms with Crippen LogP contribution < -0.4 is 0 Å². The summed E-state index contributed by atoms with van der Waals surface area (Å²) in [5.74, 6) is -0.327. The Morgan fingerprint density at radius 3 is 3.07 bits per heavy atom. The van der Waals surface area contributed by atoms with E-state index in [4.69, 9.17) is 0 Å². The molecule has 3 nitrogen and oxygen atoms in total. The molecule has 0 spiro atoms. The third-order valence-corrected chi connectivity index (χ3v) is 2.78. The topological polar surface area (TPSA) is 38.7 Å². The molecular weight excluding hydrogens is 246 g/mol. The minimum absolute atomic E-state index is 0.327. The van der Waals surface area contributed by atoms with Gasteiger partial charge in [0.2, 0.25) is 0 Å². The van der Waals surface area contributed by atoms with E-state index in [-0.39, 0.29) is 5.97 Å². The zero-order valence-electron chi connectivity index (χ0n) is 7.58. The molecule has 0 aliphatic carbocycles. The maximum atomic E-state index is 11.3. The Kier molecular flexibility index (Phi) is 2.37. The Labute approximate surface area is 89.9 Å². The molecule has 0 fully saturated rings. The van der Waals surface area contributed by atoms with Gasteiger partial charge in [-0.05, 0) is 39.2 Å². The fraction of sp³-hybridized carbons (Fsp3) is 0.200. The van der Waals surface area contributed by atoms with E-state index in [2.05, 4.69) is 25.7 Å². The van der Waals surface area contributed by atoms with Crippen molar-refractivity contribution in [3.8, 4) is 0 Å². The number of hydrogen-bond donors (Lipinski definition) is 0. The highest BCUT2D eigenvalue weighted by Crippen LogP contribution is 2.25. The van der Waals surface area contributed by atoms with Gasteiger partial charge in [0.1, 0.15) is 0 Å². The van der Waals surface area contributed by atoms with Gasteiger partial charge in [0.05, 0.1) is 19.2 Å². The summed E-state index contributed by atoms with van der Waals surface area (Å²) in [4.78, 5) is 15.5. The molecule has 0 radical (unpaired) electrons. The van der Waals surface area contributed by atoms with Crippen LogP contribution in [0.1, 0.15) is 21.5 Å². The minimum atomic E-state index is -0.327. The second kappa shape index (κ2) is 3.53. The molecule has 1 aromatic rings. The van der Waals surface area contributed by atoms with Crippen molar-refractivity contribution in [1.82, 2.24) is 0 Å². The lowest BCUT2D eigenvalue weighted by Gasteiger charge is -2.05. The van der Waals surface area contributed by atoms with Crippen LogP contribution in [0.2, 0.25) is 0 Å². The van der Waals surface area contributed by atoms with Crippen LogP contribution in [0, 0.1) is 0 Å². The van der Waals surface area contributed by atoms with Crippen molar-refractivity contribution >= 4 is 28.1 Å². The van der Waals surface area contributed by atoms with Gasteiger partial charge >= 0.3 is 5.97 Å². The number of aliphatic imine (C=N–C) groups is 1. The lowest BCUT2D eigenvalue weighted by atomic mass is 10.1. The fourth-order valence-corrected chi connectivity index (χ4v) is 1.92. The van der Waals surface area contributed by atoms with E-state index in [1.165, 1.54) is 7.11 Å². The van der Waals surface area contributed by atoms with Crippen LogP contribution >= 0.6 is 15.9 Å². The van der Waals surface area contributed by atoms with Crippen molar-refractivity contribution in [2.75, 3.05) is 7.11 Å². The lowest BCUT2D eigenvalue weighted by Crippen LogP contribution is -2.03. The van der Waals surface area contributed by atoms with Crippen LogP contribution in [0.5, 0.6) is 0 Å². The molecule has 0 N–H and O–H groups in total. The first-order valence-electron chi connectivity index (χ1n) is 4.13. The van der Waals surface area contributed by atoms with Crippen LogP contribution in [0.4, 0.5) is 0 Å². The largest absolute Gasteiger partial charge is 0.465 e. The highest BCUT2D eigenvalue weighted by molar-refractivity contribution is 9.10. The number of fused-ring (bicyclic) bond motifs is 1. The fourth-order valence-electron chi connectivity index (χ4n) is 1.40. The van der Waals surface area contributed by atoms with Crippen molar-refractivity contribution in [3.63, 3.8) is 0 Å². The van der Waals surface area contributed by atoms with Gasteiger partial charge in [0, 0.05) is 10.7 Å². The molecule has 0 atom stereocenters. The number of esters is 1. The summed E-state index contributed by atoms with van der Waals surface area (Å²) in [6.45, 7) is 0.645. The van der Waals surface area contributed by atoms with Crippen molar-refractivity contribution < 1.29 is 9.53 Å². The van der Waals surface area contributed by atoms with Crippen molar-refractivity contribution in [2.24, 2.45) is 4.99 Å². The molecule has 0 aromatic heterocycles. The first-order chi connectivity index (χ1) is 6.72. The molecule has 0 saturated carbocycles. The lowest BCUT2D eigenvalue weighted by molar-refractivity contribution is 0.0599. The maximum Gasteiger partial charge on any atom is 0.339 e. The van der Waals surface area contributed by atoms with E-state index < -0.39 is 0 Å². The second-order valence-corrected chi connectivity index (χ2v) is 3.85. The van der Waals surface area contributed by atoms with Gasteiger partial charge in [0.15, 0.2) is 0 Å². The second-order valence-electron chi connectivity index (χ2n) is 2.99. The van der Waals surface area contributed by atoms with Gasteiger partial charge in [0.25, 0.3) is 0 Å². The van der Waals surface area contributed by atoms with E-state index in [0.29, 0.717) is 12.1 Å². The summed E-state index contributed by atoms with van der Waals surface area (Å²) in [5, 5.41) is 0. The van der Waals surface area contributed by atoms with Crippen LogP contribution in [0.15, 0.2) is 21.6 Å². The Balaban J connectivity index is 2.50. The summed E-state index contributed by atoms with van der Waals surface area (Å²) in [5.41, 5.74) is 2.68. The molecule has 0 unspecified atom stereocenters. The molecule has 1 aliphatic rings. The van der Waals surface area contributed by atoms with E-state index in [0.717, 1.165) is 15.6 Å². The number of rotatable bonds is 1. The molecule has 2 rings (SSSR count). The Morgan fingerprint density at radius 2 is 2.36 bits per heavy atom. The van der Waals surface area contributed by atoms with Gasteiger partial charge in [-0.1, -0.05) is 0 Å². The number of carbonyl (C=O) groups excluding carboxylic acids is 1. The van der Waals surface area contributed by atoms with E-state index in [9.17, 15) is 4.79 Å². The number of benzene rings is 1. The molecule has 1 heterocycles. The first kappa shape index (κ1) is 9.40. The molecule has 4 heteroatoms. The zero-order chi connectivity index (χ0) is 10.1. The molecule has 1 aliphatic heterocycles. The predicted octanol–water partition coefficient (Wildman–Crippen LogP) is 2.17. The molecular formula is C10H8BrNO2. The monoisotopic (exact) mass is 253 g/mol. The van der Waals surface area contributed by atoms with E-state index in [1.54, 1.807) is 6.21 Å². The molecule has 0 bridgehead atoms. The van der Waals surface area contributed by atoms with Crippen LogP contribution in [-0.4, -0.2) is 19.3 Å². The molecule has 1 aromatic carbocycles. The van der Waals surface area contributed by atoms with E-state index in [1.807, 2.05) is 12.1 Å². The standard InChI is InChI=1S/C10H8BrNO2/c1-14-10(13)8-2-6-4-12-5-7(6)3-9(8)11/h2-3,5H,4H2,1H3. The van der Waals surface area contributed by atoms with Gasteiger partial charge in [-0.3, -0.25) is 4.99 Å². The number of ether oxygens (including phenoxy) is 1. The van der Waals surface area contributed by atoms with Gasteiger partial charge < -0.3 is 4.74 Å². The SMILES string of the molecule is COC(=O)c1cc2c(cc1Br)C=NC2. The highest BCUT2D eigenvalue weighted by Gasteiger charge is 2.15. The third kappa shape index (κ3) is 1.46. The van der Waals surface area contributed by atoms with Crippen LogP contribution in [0.25, 0.3) is 0 Å². The van der Waals surface area contributed by atoms with Crippen LogP contribution in [0.3, 0.4) is 0 Å². The average Bonchev–Trinajstić information content (AvgIpc) is 2.62. The highest BCUT2D eigenvalue weighted by atomic mass is 79.9. The van der Waals surface area contributed by atoms with Crippen molar-refractivity contribution in [2.45, 2.75) is 6.54 Å². The molecule has 0 saturated heterocycles. The first-order valence-corrected chi connectivity index (χ1v) is 4.92. The Hall–Kier alpha value is -1.16.